The van der Waals surface area contributed by atoms with Gasteiger partial charge >= 0.3 is 5.97 Å². The molecule has 6 heteroatoms. The van der Waals surface area contributed by atoms with Gasteiger partial charge in [-0.05, 0) is 24.5 Å². The Morgan fingerprint density at radius 2 is 1.96 bits per heavy atom. The largest absolute Gasteiger partial charge is 0.481 e. The molecule has 1 N–H and O–H groups in total. The predicted molar refractivity (Wildman–Crippen MR) is 96.9 cm³/mol. The zero-order valence-electron chi connectivity index (χ0n) is 14.8. The summed E-state index contributed by atoms with van der Waals surface area (Å²) in [6, 6.07) is 9.50. The van der Waals surface area contributed by atoms with Gasteiger partial charge in [0.05, 0.1) is 11.4 Å². The number of aliphatic carboxylic acids is 1. The van der Waals surface area contributed by atoms with Crippen LogP contribution < -0.4 is 4.90 Å². The lowest BCUT2D eigenvalue weighted by Crippen LogP contribution is -2.45. The zero-order valence-corrected chi connectivity index (χ0v) is 14.8. The number of nitrogens with zero attached hydrogens (tertiary/aromatic N) is 3. The van der Waals surface area contributed by atoms with E-state index >= 15 is 0 Å². The number of carbonyl (C=O) groups excluding carboxylic acids is 1. The summed E-state index contributed by atoms with van der Waals surface area (Å²) >= 11 is 0. The van der Waals surface area contributed by atoms with Crippen LogP contribution in [0.5, 0.6) is 0 Å². The first-order valence-electron chi connectivity index (χ1n) is 8.46. The minimum atomic E-state index is -0.843. The maximum Gasteiger partial charge on any atom is 0.308 e. The highest BCUT2D eigenvalue weighted by atomic mass is 16.4. The number of likely N-dealkylation sites (tertiary alicyclic amines) is 1. The molecule has 2 heterocycles. The summed E-state index contributed by atoms with van der Waals surface area (Å²) in [6.45, 7) is 2.78. The molecule has 1 aromatic carbocycles. The van der Waals surface area contributed by atoms with Gasteiger partial charge in [-0.25, -0.2) is 4.98 Å². The van der Waals surface area contributed by atoms with Crippen LogP contribution in [0.2, 0.25) is 0 Å². The third-order valence-electron chi connectivity index (χ3n) is 4.69. The third kappa shape index (κ3) is 3.43. The Labute approximate surface area is 147 Å². The van der Waals surface area contributed by atoms with E-state index in [1.54, 1.807) is 11.0 Å². The zero-order chi connectivity index (χ0) is 18.1. The van der Waals surface area contributed by atoms with Crippen molar-refractivity contribution >= 4 is 28.5 Å². The fourth-order valence-electron chi connectivity index (χ4n) is 3.49. The van der Waals surface area contributed by atoms with Crippen molar-refractivity contribution in [2.75, 3.05) is 32.1 Å². The van der Waals surface area contributed by atoms with E-state index in [4.69, 9.17) is 0 Å². The van der Waals surface area contributed by atoms with Crippen LogP contribution in [0.1, 0.15) is 23.8 Å². The molecule has 1 amide bonds. The number of amides is 1. The van der Waals surface area contributed by atoms with Crippen molar-refractivity contribution < 1.29 is 14.7 Å². The average Bonchev–Trinajstić information content (AvgIpc) is 2.59. The molecule has 1 aliphatic rings. The van der Waals surface area contributed by atoms with Gasteiger partial charge in [0.2, 0.25) is 0 Å². The highest BCUT2D eigenvalue weighted by Crippen LogP contribution is 2.27. The van der Waals surface area contributed by atoms with Crippen LogP contribution in [0.4, 0.5) is 5.69 Å². The molecule has 1 saturated heterocycles. The van der Waals surface area contributed by atoms with E-state index in [0.29, 0.717) is 18.7 Å². The van der Waals surface area contributed by atoms with Crippen molar-refractivity contribution in [1.29, 1.82) is 0 Å². The lowest BCUT2D eigenvalue weighted by molar-refractivity contribution is -0.143. The fraction of sp³-hybridized carbons (Fsp3) is 0.421. The van der Waals surface area contributed by atoms with E-state index in [-0.39, 0.29) is 18.4 Å². The molecule has 6 nitrogen and oxygen atoms in total. The molecule has 2 atom stereocenters. The molecule has 0 radical (unpaired) electrons. The smallest absolute Gasteiger partial charge is 0.308 e. The van der Waals surface area contributed by atoms with Crippen LogP contribution in [0.25, 0.3) is 10.9 Å². The number of rotatable bonds is 3. The number of piperidine rings is 1. The van der Waals surface area contributed by atoms with E-state index in [0.717, 1.165) is 16.6 Å². The van der Waals surface area contributed by atoms with Gasteiger partial charge in [0.15, 0.2) is 0 Å². The standard InChI is InChI=1S/C19H23N3O3/c1-12-8-13(19(24)25)11-22(10-12)18(23)16-9-17(21(2)3)14-6-4-5-7-15(14)20-16/h4-7,9,12-13H,8,10-11H2,1-3H3,(H,24,25). The van der Waals surface area contributed by atoms with E-state index in [1.165, 1.54) is 0 Å². The van der Waals surface area contributed by atoms with E-state index in [2.05, 4.69) is 4.98 Å². The lowest BCUT2D eigenvalue weighted by atomic mass is 9.90. The van der Waals surface area contributed by atoms with Gasteiger partial charge in [-0.3, -0.25) is 9.59 Å². The van der Waals surface area contributed by atoms with E-state index in [1.807, 2.05) is 50.2 Å². The van der Waals surface area contributed by atoms with Crippen molar-refractivity contribution in [1.82, 2.24) is 9.88 Å². The van der Waals surface area contributed by atoms with Gasteiger partial charge in [-0.1, -0.05) is 25.1 Å². The van der Waals surface area contributed by atoms with Crippen molar-refractivity contribution in [3.05, 3.63) is 36.0 Å². The number of para-hydroxylation sites is 1. The first-order chi connectivity index (χ1) is 11.9. The van der Waals surface area contributed by atoms with Gasteiger partial charge in [-0.2, -0.15) is 0 Å². The highest BCUT2D eigenvalue weighted by Gasteiger charge is 2.33. The highest BCUT2D eigenvalue weighted by molar-refractivity contribution is 6.00. The number of hydrogen-bond donors (Lipinski definition) is 1. The van der Waals surface area contributed by atoms with Gasteiger partial charge in [0.1, 0.15) is 5.69 Å². The second kappa shape index (κ2) is 6.70. The molecule has 25 heavy (non-hydrogen) atoms. The quantitative estimate of drug-likeness (QED) is 0.928. The Balaban J connectivity index is 1.98. The van der Waals surface area contributed by atoms with Crippen molar-refractivity contribution in [3.8, 4) is 0 Å². The number of pyridine rings is 1. The van der Waals surface area contributed by atoms with Crippen LogP contribution in [0, 0.1) is 11.8 Å². The Morgan fingerprint density at radius 1 is 1.24 bits per heavy atom. The molecule has 0 saturated carbocycles. The summed E-state index contributed by atoms with van der Waals surface area (Å²) in [7, 11) is 3.86. The number of carbonyl (C=O) groups is 2. The first kappa shape index (κ1) is 17.2. The van der Waals surface area contributed by atoms with Crippen molar-refractivity contribution in [2.24, 2.45) is 11.8 Å². The SMILES string of the molecule is CC1CC(C(=O)O)CN(C(=O)c2cc(N(C)C)c3ccccc3n2)C1. The minimum absolute atomic E-state index is 0.160. The van der Waals surface area contributed by atoms with E-state index in [9.17, 15) is 14.7 Å². The van der Waals surface area contributed by atoms with Gasteiger partial charge in [0, 0.05) is 38.3 Å². The fourth-order valence-corrected chi connectivity index (χ4v) is 3.49. The Hall–Kier alpha value is -2.63. The van der Waals surface area contributed by atoms with Crippen LogP contribution in [-0.2, 0) is 4.79 Å². The molecular formula is C19H23N3O3. The number of carboxylic acids is 1. The topological polar surface area (TPSA) is 73.7 Å². The monoisotopic (exact) mass is 341 g/mol. The van der Waals surface area contributed by atoms with Crippen LogP contribution in [-0.4, -0.2) is 54.1 Å². The van der Waals surface area contributed by atoms with Crippen molar-refractivity contribution in [3.63, 3.8) is 0 Å². The number of carboxylic acid groups (broad SMARTS) is 1. The van der Waals surface area contributed by atoms with Crippen LogP contribution in [0.3, 0.4) is 0 Å². The maximum absolute atomic E-state index is 13.0. The number of benzene rings is 1. The number of anilines is 1. The molecule has 0 spiro atoms. The summed E-state index contributed by atoms with van der Waals surface area (Å²) < 4.78 is 0. The predicted octanol–water partition coefficient (Wildman–Crippen LogP) is 2.48. The summed E-state index contributed by atoms with van der Waals surface area (Å²) in [4.78, 5) is 32.5. The first-order valence-corrected chi connectivity index (χ1v) is 8.46. The molecule has 2 unspecified atom stereocenters. The van der Waals surface area contributed by atoms with Crippen LogP contribution in [0.15, 0.2) is 30.3 Å². The lowest BCUT2D eigenvalue weighted by Gasteiger charge is -2.34. The Morgan fingerprint density at radius 3 is 2.64 bits per heavy atom. The molecule has 1 aromatic heterocycles. The third-order valence-corrected chi connectivity index (χ3v) is 4.69. The average molecular weight is 341 g/mol. The van der Waals surface area contributed by atoms with E-state index < -0.39 is 11.9 Å². The van der Waals surface area contributed by atoms with Gasteiger partial charge < -0.3 is 14.9 Å². The van der Waals surface area contributed by atoms with Gasteiger partial charge in [-0.15, -0.1) is 0 Å². The Kier molecular flexibility index (Phi) is 4.61. The molecule has 1 fully saturated rings. The molecule has 1 aliphatic heterocycles. The molecule has 0 bridgehead atoms. The Bertz CT molecular complexity index is 819. The number of hydrogen-bond acceptors (Lipinski definition) is 4. The summed E-state index contributed by atoms with van der Waals surface area (Å²) in [5, 5.41) is 10.3. The molecule has 2 aromatic rings. The van der Waals surface area contributed by atoms with Crippen LogP contribution >= 0.6 is 0 Å². The number of fused-ring (bicyclic) bond motifs is 1. The summed E-state index contributed by atoms with van der Waals surface area (Å²) in [5.41, 5.74) is 2.05. The molecule has 3 rings (SSSR count). The normalized spacial score (nSPS) is 20.5. The second-order valence-electron chi connectivity index (χ2n) is 7.02. The molecule has 132 valence electrons. The minimum Gasteiger partial charge on any atom is -0.481 e. The maximum atomic E-state index is 13.0. The second-order valence-corrected chi connectivity index (χ2v) is 7.02. The van der Waals surface area contributed by atoms with Crippen molar-refractivity contribution in [2.45, 2.75) is 13.3 Å². The summed E-state index contributed by atoms with van der Waals surface area (Å²) in [6.07, 6.45) is 0.604. The summed E-state index contributed by atoms with van der Waals surface area (Å²) in [5.74, 6) is -1.40. The number of aromatic nitrogens is 1. The molecular weight excluding hydrogens is 318 g/mol. The molecule has 0 aliphatic carbocycles. The van der Waals surface area contributed by atoms with Gasteiger partial charge in [0.25, 0.3) is 5.91 Å².